The number of rotatable bonds is 5. The standard InChI is InChI=1S/C16H19N3O5/c1-8(2)11(13(21)22)17-12(20)9-5-4-6-10(7-9)16(3)14(23)18-15(24)19-16/h4-8,11H,1-3H3,(H,17,20)(H,21,22)(H2,18,19,23,24)/t11-,16?/m1/s1. The Kier molecular flexibility index (Phi) is 4.59. The zero-order chi connectivity index (χ0) is 18.1. The number of nitrogens with one attached hydrogen (secondary N) is 3. The van der Waals surface area contributed by atoms with Crippen molar-refractivity contribution in [2.24, 2.45) is 5.92 Å². The summed E-state index contributed by atoms with van der Waals surface area (Å²) in [5, 5.41) is 16.3. The molecule has 1 unspecified atom stereocenters. The Bertz CT molecular complexity index is 715. The molecule has 4 N–H and O–H groups in total. The molecular formula is C16H19N3O5. The Morgan fingerprint density at radius 1 is 1.25 bits per heavy atom. The van der Waals surface area contributed by atoms with Crippen molar-refractivity contribution in [3.8, 4) is 0 Å². The van der Waals surface area contributed by atoms with Gasteiger partial charge in [-0.3, -0.25) is 14.9 Å². The largest absolute Gasteiger partial charge is 0.480 e. The van der Waals surface area contributed by atoms with Crippen LogP contribution in [0.25, 0.3) is 0 Å². The van der Waals surface area contributed by atoms with Gasteiger partial charge in [-0.25, -0.2) is 9.59 Å². The molecule has 1 aliphatic rings. The summed E-state index contributed by atoms with van der Waals surface area (Å²) in [4.78, 5) is 46.9. The third-order valence-corrected chi connectivity index (χ3v) is 3.97. The molecule has 128 valence electrons. The van der Waals surface area contributed by atoms with Gasteiger partial charge in [0.1, 0.15) is 11.6 Å². The van der Waals surface area contributed by atoms with Gasteiger partial charge in [0, 0.05) is 5.56 Å². The lowest BCUT2D eigenvalue weighted by atomic mass is 9.91. The molecule has 1 aromatic rings. The fraction of sp³-hybridized carbons (Fsp3) is 0.375. The minimum Gasteiger partial charge on any atom is -0.480 e. The fourth-order valence-corrected chi connectivity index (χ4v) is 2.46. The van der Waals surface area contributed by atoms with Crippen molar-refractivity contribution >= 4 is 23.8 Å². The summed E-state index contributed by atoms with van der Waals surface area (Å²) in [7, 11) is 0. The summed E-state index contributed by atoms with van der Waals surface area (Å²) < 4.78 is 0. The molecule has 1 saturated heterocycles. The zero-order valence-corrected chi connectivity index (χ0v) is 13.5. The van der Waals surface area contributed by atoms with Crippen LogP contribution in [0.4, 0.5) is 4.79 Å². The average molecular weight is 333 g/mol. The van der Waals surface area contributed by atoms with Crippen LogP contribution in [-0.2, 0) is 15.1 Å². The van der Waals surface area contributed by atoms with Crippen molar-refractivity contribution in [3.05, 3.63) is 35.4 Å². The van der Waals surface area contributed by atoms with E-state index in [1.165, 1.54) is 19.1 Å². The minimum absolute atomic E-state index is 0.203. The van der Waals surface area contributed by atoms with Crippen molar-refractivity contribution < 1.29 is 24.3 Å². The highest BCUT2D eigenvalue weighted by molar-refractivity contribution is 6.07. The molecule has 0 spiro atoms. The van der Waals surface area contributed by atoms with E-state index in [1.54, 1.807) is 26.0 Å². The van der Waals surface area contributed by atoms with E-state index < -0.39 is 35.4 Å². The number of carbonyl (C=O) groups excluding carboxylic acids is 3. The van der Waals surface area contributed by atoms with E-state index in [-0.39, 0.29) is 11.5 Å². The van der Waals surface area contributed by atoms with Crippen molar-refractivity contribution in [2.45, 2.75) is 32.4 Å². The van der Waals surface area contributed by atoms with Crippen molar-refractivity contribution in [2.75, 3.05) is 0 Å². The molecule has 0 aliphatic carbocycles. The van der Waals surface area contributed by atoms with E-state index in [1.807, 2.05) is 0 Å². The third kappa shape index (κ3) is 3.22. The van der Waals surface area contributed by atoms with E-state index >= 15 is 0 Å². The molecule has 1 aliphatic heterocycles. The maximum Gasteiger partial charge on any atom is 0.326 e. The van der Waals surface area contributed by atoms with Gasteiger partial charge >= 0.3 is 12.0 Å². The van der Waals surface area contributed by atoms with Crippen LogP contribution in [0.1, 0.15) is 36.7 Å². The van der Waals surface area contributed by atoms with Gasteiger partial charge in [0.05, 0.1) is 0 Å². The predicted molar refractivity (Wildman–Crippen MR) is 84.2 cm³/mol. The molecule has 0 aromatic heterocycles. The van der Waals surface area contributed by atoms with E-state index in [0.717, 1.165) is 0 Å². The summed E-state index contributed by atoms with van der Waals surface area (Å²) in [6, 6.07) is 4.52. The van der Waals surface area contributed by atoms with Crippen molar-refractivity contribution in [1.29, 1.82) is 0 Å². The van der Waals surface area contributed by atoms with E-state index in [4.69, 9.17) is 5.11 Å². The van der Waals surface area contributed by atoms with Crippen molar-refractivity contribution in [3.63, 3.8) is 0 Å². The lowest BCUT2D eigenvalue weighted by Gasteiger charge is -2.22. The molecule has 8 heteroatoms. The SMILES string of the molecule is CC(C)[C@@H](NC(=O)c1cccc(C2(C)NC(=O)NC2=O)c1)C(=O)O. The zero-order valence-electron chi connectivity index (χ0n) is 13.5. The Balaban J connectivity index is 2.27. The molecule has 1 aromatic carbocycles. The fourth-order valence-electron chi connectivity index (χ4n) is 2.46. The smallest absolute Gasteiger partial charge is 0.326 e. The average Bonchev–Trinajstić information content (AvgIpc) is 2.77. The second-order valence-corrected chi connectivity index (χ2v) is 6.15. The predicted octanol–water partition coefficient (Wildman–Crippen LogP) is 0.580. The number of hydrogen-bond donors (Lipinski definition) is 4. The Labute approximate surface area is 138 Å². The topological polar surface area (TPSA) is 125 Å². The Morgan fingerprint density at radius 3 is 2.42 bits per heavy atom. The summed E-state index contributed by atoms with van der Waals surface area (Å²) in [5.74, 6) is -2.49. The molecule has 1 heterocycles. The van der Waals surface area contributed by atoms with Crippen LogP contribution in [0, 0.1) is 5.92 Å². The summed E-state index contributed by atoms with van der Waals surface area (Å²) in [6.07, 6.45) is 0. The van der Waals surface area contributed by atoms with E-state index in [0.29, 0.717) is 5.56 Å². The number of aliphatic carboxylic acids is 1. The van der Waals surface area contributed by atoms with Crippen LogP contribution in [0.5, 0.6) is 0 Å². The van der Waals surface area contributed by atoms with Crippen LogP contribution >= 0.6 is 0 Å². The minimum atomic E-state index is -1.28. The summed E-state index contributed by atoms with van der Waals surface area (Å²) >= 11 is 0. The first-order chi connectivity index (χ1) is 11.1. The maximum atomic E-state index is 12.3. The molecule has 0 saturated carbocycles. The molecule has 24 heavy (non-hydrogen) atoms. The number of carbonyl (C=O) groups is 4. The number of carboxylic acid groups (broad SMARTS) is 1. The van der Waals surface area contributed by atoms with E-state index in [2.05, 4.69) is 16.0 Å². The third-order valence-electron chi connectivity index (χ3n) is 3.97. The number of imide groups is 1. The van der Waals surface area contributed by atoms with Crippen LogP contribution < -0.4 is 16.0 Å². The molecule has 2 rings (SSSR count). The first-order valence-corrected chi connectivity index (χ1v) is 7.43. The molecule has 0 radical (unpaired) electrons. The van der Waals surface area contributed by atoms with Gasteiger partial charge in [-0.1, -0.05) is 26.0 Å². The monoisotopic (exact) mass is 333 g/mol. The maximum absolute atomic E-state index is 12.3. The normalized spacial score (nSPS) is 21.2. The number of amides is 4. The number of carboxylic acids is 1. The molecule has 1 fully saturated rings. The van der Waals surface area contributed by atoms with Gasteiger partial charge in [-0.05, 0) is 30.5 Å². The van der Waals surface area contributed by atoms with Crippen LogP contribution in [-0.4, -0.2) is 35.0 Å². The lowest BCUT2D eigenvalue weighted by molar-refractivity contribution is -0.140. The molecular weight excluding hydrogens is 314 g/mol. The first-order valence-electron chi connectivity index (χ1n) is 7.43. The van der Waals surface area contributed by atoms with Gasteiger partial charge in [0.25, 0.3) is 11.8 Å². The highest BCUT2D eigenvalue weighted by atomic mass is 16.4. The van der Waals surface area contributed by atoms with Crippen molar-refractivity contribution in [1.82, 2.24) is 16.0 Å². The second-order valence-electron chi connectivity index (χ2n) is 6.15. The van der Waals surface area contributed by atoms with Crippen LogP contribution in [0.2, 0.25) is 0 Å². The van der Waals surface area contributed by atoms with Gasteiger partial charge < -0.3 is 15.7 Å². The number of benzene rings is 1. The molecule has 4 amide bonds. The molecule has 0 bridgehead atoms. The molecule has 8 nitrogen and oxygen atoms in total. The van der Waals surface area contributed by atoms with Crippen LogP contribution in [0.15, 0.2) is 24.3 Å². The van der Waals surface area contributed by atoms with Gasteiger partial charge in [-0.15, -0.1) is 0 Å². The Morgan fingerprint density at radius 2 is 1.92 bits per heavy atom. The second kappa shape index (κ2) is 6.31. The van der Waals surface area contributed by atoms with E-state index in [9.17, 15) is 19.2 Å². The lowest BCUT2D eigenvalue weighted by Crippen LogP contribution is -2.44. The highest BCUT2D eigenvalue weighted by Crippen LogP contribution is 2.25. The Hall–Kier alpha value is -2.90. The number of urea groups is 1. The summed E-state index contributed by atoms with van der Waals surface area (Å²) in [6.45, 7) is 4.91. The molecule has 2 atom stereocenters. The number of hydrogen-bond acceptors (Lipinski definition) is 4. The van der Waals surface area contributed by atoms with Gasteiger partial charge in [0.15, 0.2) is 0 Å². The van der Waals surface area contributed by atoms with Crippen LogP contribution in [0.3, 0.4) is 0 Å². The highest BCUT2D eigenvalue weighted by Gasteiger charge is 2.43. The quantitative estimate of drug-likeness (QED) is 0.587. The van der Waals surface area contributed by atoms with Gasteiger partial charge in [0.2, 0.25) is 0 Å². The summed E-state index contributed by atoms with van der Waals surface area (Å²) in [5.41, 5.74) is -0.651. The van der Waals surface area contributed by atoms with Gasteiger partial charge in [-0.2, -0.15) is 0 Å². The first kappa shape index (κ1) is 17.5.